The zero-order valence-electron chi connectivity index (χ0n) is 11.0. The van der Waals surface area contributed by atoms with E-state index < -0.39 is 45.1 Å². The van der Waals surface area contributed by atoms with Gasteiger partial charge in [-0.1, -0.05) is 24.6 Å². The molecule has 0 saturated carbocycles. The first-order valence-electron chi connectivity index (χ1n) is 6.08. The van der Waals surface area contributed by atoms with E-state index in [0.717, 1.165) is 6.07 Å². The van der Waals surface area contributed by atoms with E-state index in [0.29, 0.717) is 4.31 Å². The van der Waals surface area contributed by atoms with Crippen molar-refractivity contribution in [1.29, 1.82) is 0 Å². The quantitative estimate of drug-likeness (QED) is 0.833. The van der Waals surface area contributed by atoms with Gasteiger partial charge in [-0.25, -0.2) is 12.8 Å². The number of hydrogen-bond acceptors (Lipinski definition) is 4. The van der Waals surface area contributed by atoms with Crippen LogP contribution < -0.4 is 5.32 Å². The average Bonchev–Trinajstić information content (AvgIpc) is 2.41. The van der Waals surface area contributed by atoms with Crippen LogP contribution in [0.25, 0.3) is 0 Å². The third-order valence-electron chi connectivity index (χ3n) is 3.10. The number of carbonyl (C=O) groups is 2. The van der Waals surface area contributed by atoms with E-state index in [1.165, 1.54) is 12.1 Å². The Bertz CT molecular complexity index is 707. The van der Waals surface area contributed by atoms with Gasteiger partial charge in [-0.3, -0.25) is 14.9 Å². The fourth-order valence-corrected chi connectivity index (χ4v) is 4.03. The molecule has 0 aliphatic carbocycles. The molecule has 1 fully saturated rings. The second-order valence-electron chi connectivity index (χ2n) is 4.44. The zero-order valence-corrected chi connectivity index (χ0v) is 12.5. The number of halogens is 2. The topological polar surface area (TPSA) is 83.6 Å². The maximum absolute atomic E-state index is 14.0. The maximum atomic E-state index is 14.0. The Hall–Kier alpha value is -1.51. The van der Waals surface area contributed by atoms with Gasteiger partial charge in [0.1, 0.15) is 10.9 Å². The van der Waals surface area contributed by atoms with E-state index in [2.05, 4.69) is 5.32 Å². The van der Waals surface area contributed by atoms with Crippen LogP contribution >= 0.6 is 11.6 Å². The van der Waals surface area contributed by atoms with Crippen LogP contribution in [0.3, 0.4) is 0 Å². The highest BCUT2D eigenvalue weighted by Gasteiger charge is 2.41. The van der Waals surface area contributed by atoms with Crippen molar-refractivity contribution in [3.8, 4) is 0 Å². The van der Waals surface area contributed by atoms with E-state index in [1.54, 1.807) is 6.92 Å². The van der Waals surface area contributed by atoms with Crippen molar-refractivity contribution in [1.82, 2.24) is 9.62 Å². The maximum Gasteiger partial charge on any atom is 0.247 e. The second kappa shape index (κ2) is 5.70. The molecule has 1 saturated heterocycles. The minimum absolute atomic E-state index is 0.153. The number of rotatable bonds is 3. The molecule has 2 amide bonds. The number of nitrogens with zero attached hydrogens (tertiary/aromatic N) is 1. The van der Waals surface area contributed by atoms with Gasteiger partial charge in [0, 0.05) is 0 Å². The van der Waals surface area contributed by atoms with Crippen LogP contribution in [0, 0.1) is 5.82 Å². The SMILES string of the molecule is CCC1C(=O)NC(=O)CN1S(=O)(=O)c1cccc(Cl)c1F. The van der Waals surface area contributed by atoms with Crippen molar-refractivity contribution in [2.24, 2.45) is 0 Å². The van der Waals surface area contributed by atoms with Crippen LogP contribution in [0.15, 0.2) is 23.1 Å². The first kappa shape index (κ1) is 15.9. The Labute approximate surface area is 125 Å². The van der Waals surface area contributed by atoms with Crippen molar-refractivity contribution in [3.63, 3.8) is 0 Å². The Morgan fingerprint density at radius 2 is 2.10 bits per heavy atom. The summed E-state index contributed by atoms with van der Waals surface area (Å²) in [6, 6.07) is 2.47. The lowest BCUT2D eigenvalue weighted by atomic mass is 10.2. The second-order valence-corrected chi connectivity index (χ2v) is 6.70. The van der Waals surface area contributed by atoms with Gasteiger partial charge in [-0.2, -0.15) is 4.31 Å². The standard InChI is InChI=1S/C12H12ClFN2O4S/c1-2-8-12(18)15-10(17)6-16(8)21(19,20)9-5-3-4-7(13)11(9)14/h3-5,8H,2,6H2,1H3,(H,15,17,18). The van der Waals surface area contributed by atoms with Gasteiger partial charge in [0.25, 0.3) is 0 Å². The number of sulfonamides is 1. The summed E-state index contributed by atoms with van der Waals surface area (Å²) < 4.78 is 39.7. The van der Waals surface area contributed by atoms with E-state index in [-0.39, 0.29) is 11.4 Å². The van der Waals surface area contributed by atoms with Gasteiger partial charge >= 0.3 is 0 Å². The summed E-state index contributed by atoms with van der Waals surface area (Å²) in [5, 5.41) is 1.71. The Balaban J connectivity index is 2.53. The number of benzene rings is 1. The summed E-state index contributed by atoms with van der Waals surface area (Å²) in [4.78, 5) is 22.5. The molecule has 1 aromatic rings. The van der Waals surface area contributed by atoms with Gasteiger partial charge < -0.3 is 0 Å². The number of nitrogens with one attached hydrogen (secondary N) is 1. The minimum Gasteiger partial charge on any atom is -0.294 e. The predicted octanol–water partition coefficient (Wildman–Crippen LogP) is 0.905. The highest BCUT2D eigenvalue weighted by atomic mass is 35.5. The highest BCUT2D eigenvalue weighted by Crippen LogP contribution is 2.27. The van der Waals surface area contributed by atoms with Crippen LogP contribution in [-0.2, 0) is 19.6 Å². The third-order valence-corrected chi connectivity index (χ3v) is 5.27. The van der Waals surface area contributed by atoms with Crippen molar-refractivity contribution in [3.05, 3.63) is 29.0 Å². The monoisotopic (exact) mass is 334 g/mol. The fourth-order valence-electron chi connectivity index (χ4n) is 2.09. The van der Waals surface area contributed by atoms with Crippen LogP contribution in [0.4, 0.5) is 4.39 Å². The van der Waals surface area contributed by atoms with Crippen LogP contribution in [0.2, 0.25) is 5.02 Å². The van der Waals surface area contributed by atoms with E-state index in [9.17, 15) is 22.4 Å². The molecule has 1 aliphatic heterocycles. The summed E-state index contributed by atoms with van der Waals surface area (Å²) in [6.45, 7) is 1.05. The Morgan fingerprint density at radius 1 is 1.43 bits per heavy atom. The summed E-state index contributed by atoms with van der Waals surface area (Å²) in [6.07, 6.45) is 0.153. The number of imide groups is 1. The summed E-state index contributed by atoms with van der Waals surface area (Å²) in [5.41, 5.74) is 0. The normalized spacial score (nSPS) is 20.4. The van der Waals surface area contributed by atoms with Gasteiger partial charge in [0.05, 0.1) is 11.6 Å². The molecular formula is C12H12ClFN2O4S. The number of piperazine rings is 1. The largest absolute Gasteiger partial charge is 0.294 e. The van der Waals surface area contributed by atoms with Crippen LogP contribution in [-0.4, -0.2) is 37.1 Å². The summed E-state index contributed by atoms with van der Waals surface area (Å²) in [7, 11) is -4.35. The van der Waals surface area contributed by atoms with Gasteiger partial charge in [0.2, 0.25) is 21.8 Å². The zero-order chi connectivity index (χ0) is 15.8. The molecule has 0 aromatic heterocycles. The molecule has 1 unspecified atom stereocenters. The first-order valence-corrected chi connectivity index (χ1v) is 7.90. The lowest BCUT2D eigenvalue weighted by molar-refractivity contribution is -0.137. The molecular weight excluding hydrogens is 323 g/mol. The van der Waals surface area contributed by atoms with Crippen molar-refractivity contribution in [2.75, 3.05) is 6.54 Å². The summed E-state index contributed by atoms with van der Waals surface area (Å²) >= 11 is 5.58. The lowest BCUT2D eigenvalue weighted by Crippen LogP contribution is -2.59. The van der Waals surface area contributed by atoms with Crippen LogP contribution in [0.1, 0.15) is 13.3 Å². The average molecular weight is 335 g/mol. The molecule has 0 spiro atoms. The highest BCUT2D eigenvalue weighted by molar-refractivity contribution is 7.89. The van der Waals surface area contributed by atoms with E-state index >= 15 is 0 Å². The van der Waals surface area contributed by atoms with Crippen LogP contribution in [0.5, 0.6) is 0 Å². The smallest absolute Gasteiger partial charge is 0.247 e. The van der Waals surface area contributed by atoms with Crippen molar-refractivity contribution >= 4 is 33.4 Å². The molecule has 0 bridgehead atoms. The molecule has 1 atom stereocenters. The van der Waals surface area contributed by atoms with Gasteiger partial charge in [-0.15, -0.1) is 0 Å². The van der Waals surface area contributed by atoms with E-state index in [4.69, 9.17) is 11.6 Å². The first-order chi connectivity index (χ1) is 9.78. The van der Waals surface area contributed by atoms with Gasteiger partial charge in [-0.05, 0) is 18.6 Å². The molecule has 1 aliphatic rings. The molecule has 1 N–H and O–H groups in total. The fraction of sp³-hybridized carbons (Fsp3) is 0.333. The predicted molar refractivity (Wildman–Crippen MR) is 72.5 cm³/mol. The third kappa shape index (κ3) is 2.78. The molecule has 1 aromatic carbocycles. The lowest BCUT2D eigenvalue weighted by Gasteiger charge is -2.32. The van der Waals surface area contributed by atoms with Crippen molar-refractivity contribution < 1.29 is 22.4 Å². The molecule has 6 nitrogen and oxygen atoms in total. The number of carbonyl (C=O) groups excluding carboxylic acids is 2. The molecule has 114 valence electrons. The Morgan fingerprint density at radius 3 is 2.71 bits per heavy atom. The number of amides is 2. The molecule has 9 heteroatoms. The molecule has 1 heterocycles. The molecule has 21 heavy (non-hydrogen) atoms. The summed E-state index contributed by atoms with van der Waals surface area (Å²) in [5.74, 6) is -2.58. The van der Waals surface area contributed by atoms with Gasteiger partial charge in [0.15, 0.2) is 5.82 Å². The molecule has 2 rings (SSSR count). The van der Waals surface area contributed by atoms with Crippen molar-refractivity contribution in [2.45, 2.75) is 24.3 Å². The van der Waals surface area contributed by atoms with E-state index in [1.807, 2.05) is 0 Å². The Kier molecular flexibility index (Phi) is 4.31. The molecule has 0 radical (unpaired) electrons. The number of hydrogen-bond donors (Lipinski definition) is 1. The minimum atomic E-state index is -4.35.